The van der Waals surface area contributed by atoms with Crippen LogP contribution in [0.3, 0.4) is 0 Å². The molecule has 2 heteroatoms. The first-order valence-electron chi connectivity index (χ1n) is 16.9. The number of hydrogen-bond acceptors (Lipinski definition) is 2. The van der Waals surface area contributed by atoms with Gasteiger partial charge in [-0.3, -0.25) is 0 Å². The molecule has 0 aliphatic carbocycles. The van der Waals surface area contributed by atoms with Crippen molar-refractivity contribution < 1.29 is 0 Å². The Morgan fingerprint density at radius 1 is 0.375 bits per heavy atom. The number of rotatable bonds is 3. The Hall–Kier alpha value is -5.34. The minimum absolute atomic E-state index is 0.0513. The Morgan fingerprint density at radius 3 is 1.38 bits per heavy atom. The molecule has 8 rings (SSSR count). The Morgan fingerprint density at radius 2 is 0.833 bits per heavy atom. The van der Waals surface area contributed by atoms with Gasteiger partial charge in [0.25, 0.3) is 0 Å². The zero-order valence-electron chi connectivity index (χ0n) is 28.6. The highest BCUT2D eigenvalue weighted by molar-refractivity contribution is 6.21. The van der Waals surface area contributed by atoms with E-state index in [0.29, 0.717) is 0 Å². The van der Waals surface area contributed by atoms with Gasteiger partial charge in [-0.05, 0) is 67.1 Å². The van der Waals surface area contributed by atoms with Crippen LogP contribution in [0.4, 0.5) is 0 Å². The molecule has 2 nitrogen and oxygen atoms in total. The lowest BCUT2D eigenvalue weighted by atomic mass is 9.85. The van der Waals surface area contributed by atoms with Crippen LogP contribution in [0, 0.1) is 0 Å². The van der Waals surface area contributed by atoms with E-state index in [1.807, 2.05) is 0 Å². The number of nitrogens with zero attached hydrogens (tertiary/aromatic N) is 2. The maximum atomic E-state index is 5.29. The Kier molecular flexibility index (Phi) is 6.96. The third-order valence-corrected chi connectivity index (χ3v) is 9.65. The molecule has 2 heterocycles. The molecule has 0 bridgehead atoms. The van der Waals surface area contributed by atoms with Gasteiger partial charge in [0, 0.05) is 33.0 Å². The van der Waals surface area contributed by atoms with Gasteiger partial charge in [0.1, 0.15) is 0 Å². The minimum Gasteiger partial charge on any atom is -0.250 e. The van der Waals surface area contributed by atoms with Crippen molar-refractivity contribution in [3.63, 3.8) is 0 Å². The molecule has 0 aliphatic rings. The molecule has 0 amide bonds. The van der Waals surface area contributed by atoms with Crippen molar-refractivity contribution >= 4 is 43.4 Å². The van der Waals surface area contributed by atoms with Gasteiger partial charge in [-0.1, -0.05) is 163 Å². The van der Waals surface area contributed by atoms with Crippen molar-refractivity contribution in [2.24, 2.45) is 0 Å². The summed E-state index contributed by atoms with van der Waals surface area (Å²) in [5, 5.41) is 7.31. The van der Waals surface area contributed by atoms with Gasteiger partial charge in [-0.2, -0.15) is 0 Å². The third kappa shape index (κ3) is 5.04. The number of pyridine rings is 2. The van der Waals surface area contributed by atoms with Crippen LogP contribution in [-0.2, 0) is 10.8 Å². The van der Waals surface area contributed by atoms with E-state index in [9.17, 15) is 0 Å². The molecule has 0 radical (unpaired) electrons. The van der Waals surface area contributed by atoms with Gasteiger partial charge < -0.3 is 0 Å². The van der Waals surface area contributed by atoms with E-state index < -0.39 is 0 Å². The van der Waals surface area contributed by atoms with Crippen molar-refractivity contribution in [2.45, 2.75) is 52.4 Å². The molecule has 234 valence electrons. The molecule has 8 aromatic rings. The van der Waals surface area contributed by atoms with Gasteiger partial charge in [-0.15, -0.1) is 0 Å². The van der Waals surface area contributed by atoms with E-state index in [4.69, 9.17) is 9.97 Å². The largest absolute Gasteiger partial charge is 0.250 e. The van der Waals surface area contributed by atoms with Gasteiger partial charge in [-0.25, -0.2) is 9.97 Å². The van der Waals surface area contributed by atoms with E-state index in [1.54, 1.807) is 0 Å². The summed E-state index contributed by atoms with van der Waals surface area (Å²) in [6, 6.07) is 48.7. The van der Waals surface area contributed by atoms with Crippen LogP contribution in [0.2, 0.25) is 0 Å². The first-order chi connectivity index (χ1) is 23.1. The Balaban J connectivity index is 1.35. The first-order valence-corrected chi connectivity index (χ1v) is 16.9. The second-order valence-corrected chi connectivity index (χ2v) is 15.1. The van der Waals surface area contributed by atoms with Crippen LogP contribution in [0.15, 0.2) is 133 Å². The molecular weight excluding hydrogens is 581 g/mol. The van der Waals surface area contributed by atoms with E-state index in [-0.39, 0.29) is 10.8 Å². The predicted octanol–water partition coefficient (Wildman–Crippen LogP) is 12.7. The van der Waals surface area contributed by atoms with Gasteiger partial charge in [0.2, 0.25) is 0 Å². The van der Waals surface area contributed by atoms with Crippen LogP contribution in [0.25, 0.3) is 76.7 Å². The molecule has 0 atom stereocenters. The summed E-state index contributed by atoms with van der Waals surface area (Å²) in [6.45, 7) is 13.4. The van der Waals surface area contributed by atoms with Crippen LogP contribution in [0.5, 0.6) is 0 Å². The number of hydrogen-bond donors (Lipinski definition) is 0. The first kappa shape index (κ1) is 30.0. The lowest BCUT2D eigenvalue weighted by Crippen LogP contribution is -2.15. The van der Waals surface area contributed by atoms with E-state index >= 15 is 0 Å². The van der Waals surface area contributed by atoms with Crippen molar-refractivity contribution in [3.8, 4) is 33.4 Å². The highest BCUT2D eigenvalue weighted by atomic mass is 14.8. The molecule has 0 unspecified atom stereocenters. The third-order valence-electron chi connectivity index (χ3n) is 9.65. The minimum atomic E-state index is -0.120. The summed E-state index contributed by atoms with van der Waals surface area (Å²) in [4.78, 5) is 10.5. The summed E-state index contributed by atoms with van der Waals surface area (Å²) < 4.78 is 0. The van der Waals surface area contributed by atoms with Crippen molar-refractivity contribution in [2.75, 3.05) is 0 Å². The van der Waals surface area contributed by atoms with Crippen molar-refractivity contribution in [3.05, 3.63) is 145 Å². The molecule has 0 N–H and O–H groups in total. The summed E-state index contributed by atoms with van der Waals surface area (Å²) in [5.41, 5.74) is 11.3. The standard InChI is InChI=1S/C46H40N2/c1-45(2,3)39-27-25-32-24-26-37-38(28-40(46(4,5)6)48-44(37)43(32)47-39)29-20-22-31(23-21-29)42-35-18-12-10-16-33(35)41(30-14-8-7-9-15-30)34-17-11-13-19-36(34)42/h7-28H,1-6H3. The normalized spacial score (nSPS) is 12.4. The number of aromatic nitrogens is 2. The van der Waals surface area contributed by atoms with Crippen molar-refractivity contribution in [1.82, 2.24) is 9.97 Å². The second kappa shape index (κ2) is 11.1. The van der Waals surface area contributed by atoms with E-state index in [0.717, 1.165) is 33.2 Å². The zero-order chi connectivity index (χ0) is 33.2. The average molecular weight is 621 g/mol. The predicted molar refractivity (Wildman–Crippen MR) is 206 cm³/mol. The fourth-order valence-electron chi connectivity index (χ4n) is 7.08. The van der Waals surface area contributed by atoms with Crippen molar-refractivity contribution in [1.29, 1.82) is 0 Å². The van der Waals surface area contributed by atoms with Gasteiger partial charge in [0.05, 0.1) is 11.0 Å². The lowest BCUT2D eigenvalue weighted by molar-refractivity contribution is 0.570. The van der Waals surface area contributed by atoms with E-state index in [2.05, 4.69) is 175 Å². The average Bonchev–Trinajstić information content (AvgIpc) is 3.09. The maximum Gasteiger partial charge on any atom is 0.0974 e. The molecule has 0 fully saturated rings. The van der Waals surface area contributed by atoms with Gasteiger partial charge in [0.15, 0.2) is 0 Å². The van der Waals surface area contributed by atoms with Crippen LogP contribution < -0.4 is 0 Å². The number of fused-ring (bicyclic) bond motifs is 5. The lowest BCUT2D eigenvalue weighted by Gasteiger charge is -2.22. The molecule has 0 saturated carbocycles. The molecule has 0 aliphatic heterocycles. The molecular formula is C46H40N2. The highest BCUT2D eigenvalue weighted by Crippen LogP contribution is 2.44. The summed E-state index contributed by atoms with van der Waals surface area (Å²) >= 11 is 0. The summed E-state index contributed by atoms with van der Waals surface area (Å²) in [5.74, 6) is 0. The van der Waals surface area contributed by atoms with Crippen LogP contribution >= 0.6 is 0 Å². The van der Waals surface area contributed by atoms with E-state index in [1.165, 1.54) is 54.9 Å². The molecule has 0 spiro atoms. The highest BCUT2D eigenvalue weighted by Gasteiger charge is 2.22. The summed E-state index contributed by atoms with van der Waals surface area (Å²) in [6.07, 6.45) is 0. The SMILES string of the molecule is CC(C)(C)c1ccc2ccc3c(-c4ccc(-c5c6ccccc6c(-c6ccccc6)c6ccccc56)cc4)cc(C(C)(C)C)nc3c2n1. The second-order valence-electron chi connectivity index (χ2n) is 15.1. The molecule has 48 heavy (non-hydrogen) atoms. The topological polar surface area (TPSA) is 25.8 Å². The Labute approximate surface area is 283 Å². The molecule has 6 aromatic carbocycles. The van der Waals surface area contributed by atoms with Gasteiger partial charge >= 0.3 is 0 Å². The molecule has 0 saturated heterocycles. The fraction of sp³-hybridized carbons (Fsp3) is 0.174. The molecule has 2 aromatic heterocycles. The monoisotopic (exact) mass is 620 g/mol. The number of benzene rings is 6. The Bertz CT molecular complexity index is 2440. The fourth-order valence-corrected chi connectivity index (χ4v) is 7.08. The van der Waals surface area contributed by atoms with Crippen LogP contribution in [0.1, 0.15) is 52.9 Å². The zero-order valence-corrected chi connectivity index (χ0v) is 28.6. The maximum absolute atomic E-state index is 5.29. The van der Waals surface area contributed by atoms with Crippen LogP contribution in [-0.4, -0.2) is 9.97 Å². The quantitative estimate of drug-likeness (QED) is 0.145. The smallest absolute Gasteiger partial charge is 0.0974 e. The summed E-state index contributed by atoms with van der Waals surface area (Å²) in [7, 11) is 0.